The first-order valence-electron chi connectivity index (χ1n) is 8.66. The van der Waals surface area contributed by atoms with Crippen LogP contribution in [0, 0.1) is 0 Å². The quantitative estimate of drug-likeness (QED) is 0.345. The molecule has 0 fully saturated rings. The second kappa shape index (κ2) is 8.29. The number of benzene rings is 2. The van der Waals surface area contributed by atoms with Crippen LogP contribution in [0.25, 0.3) is 5.69 Å². The molecule has 4 aromatic rings. The van der Waals surface area contributed by atoms with Crippen molar-refractivity contribution < 1.29 is 8.42 Å². The molecule has 2 N–H and O–H groups in total. The SMILES string of the molecule is O=S(=O)(Nc1nccs1)c1ccc(-n2cccc2/C=N/Nc2ccccc2)cc1. The normalized spacial score (nSPS) is 11.6. The van der Waals surface area contributed by atoms with Gasteiger partial charge in [0.2, 0.25) is 0 Å². The van der Waals surface area contributed by atoms with Crippen LogP contribution in [0.3, 0.4) is 0 Å². The number of anilines is 2. The highest BCUT2D eigenvalue weighted by Crippen LogP contribution is 2.20. The number of nitrogens with zero attached hydrogens (tertiary/aromatic N) is 3. The lowest BCUT2D eigenvalue weighted by Crippen LogP contribution is -2.12. The molecule has 0 spiro atoms. The lowest BCUT2D eigenvalue weighted by atomic mass is 10.3. The average Bonchev–Trinajstić information content (AvgIpc) is 3.41. The number of para-hydroxylation sites is 1. The van der Waals surface area contributed by atoms with Crippen molar-refractivity contribution in [2.75, 3.05) is 10.1 Å². The van der Waals surface area contributed by atoms with Gasteiger partial charge in [-0.25, -0.2) is 13.4 Å². The molecule has 29 heavy (non-hydrogen) atoms. The van der Waals surface area contributed by atoms with E-state index in [0.717, 1.165) is 17.1 Å². The number of hydrazone groups is 1. The van der Waals surface area contributed by atoms with E-state index >= 15 is 0 Å². The second-order valence-electron chi connectivity index (χ2n) is 5.98. The predicted molar refractivity (Wildman–Crippen MR) is 116 cm³/mol. The second-order valence-corrected chi connectivity index (χ2v) is 8.55. The maximum Gasteiger partial charge on any atom is 0.263 e. The summed E-state index contributed by atoms with van der Waals surface area (Å²) >= 11 is 1.23. The zero-order chi connectivity index (χ0) is 20.1. The summed E-state index contributed by atoms with van der Waals surface area (Å²) < 4.78 is 29.3. The fraction of sp³-hybridized carbons (Fsp3) is 0. The topological polar surface area (TPSA) is 88.4 Å². The highest BCUT2D eigenvalue weighted by atomic mass is 32.2. The number of sulfonamides is 1. The lowest BCUT2D eigenvalue weighted by molar-refractivity contribution is 0.601. The fourth-order valence-corrected chi connectivity index (χ4v) is 4.44. The number of hydrogen-bond donors (Lipinski definition) is 2. The number of rotatable bonds is 7. The van der Waals surface area contributed by atoms with Crippen LogP contribution in [0.4, 0.5) is 10.8 Å². The minimum absolute atomic E-state index is 0.171. The van der Waals surface area contributed by atoms with Gasteiger partial charge in [-0.05, 0) is 48.5 Å². The molecule has 2 aromatic carbocycles. The molecule has 4 rings (SSSR count). The lowest BCUT2D eigenvalue weighted by Gasteiger charge is -2.09. The standard InChI is InChI=1S/C20H17N5O2S2/c26-29(27,24-20-21-12-14-28-20)19-10-8-17(9-11-19)25-13-4-7-18(25)15-22-23-16-5-2-1-3-6-16/h1-15,23H,(H,21,24)/b22-15+. The first-order valence-corrected chi connectivity index (χ1v) is 11.0. The molecule has 0 radical (unpaired) electrons. The molecule has 2 heterocycles. The molecule has 0 saturated heterocycles. The summed E-state index contributed by atoms with van der Waals surface area (Å²) in [5.74, 6) is 0. The molecule has 9 heteroatoms. The molecule has 2 aromatic heterocycles. The van der Waals surface area contributed by atoms with Crippen LogP contribution in [-0.4, -0.2) is 24.2 Å². The molecule has 0 aliphatic carbocycles. The summed E-state index contributed by atoms with van der Waals surface area (Å²) in [5.41, 5.74) is 5.54. The van der Waals surface area contributed by atoms with Gasteiger partial charge in [0.05, 0.1) is 22.5 Å². The zero-order valence-corrected chi connectivity index (χ0v) is 16.8. The van der Waals surface area contributed by atoms with E-state index in [9.17, 15) is 8.42 Å². The van der Waals surface area contributed by atoms with Crippen molar-refractivity contribution in [2.24, 2.45) is 5.10 Å². The van der Waals surface area contributed by atoms with Crippen molar-refractivity contribution in [2.45, 2.75) is 4.90 Å². The van der Waals surface area contributed by atoms with E-state index in [4.69, 9.17) is 0 Å². The van der Waals surface area contributed by atoms with Gasteiger partial charge in [-0.3, -0.25) is 10.1 Å². The van der Waals surface area contributed by atoms with Crippen molar-refractivity contribution >= 4 is 38.4 Å². The monoisotopic (exact) mass is 423 g/mol. The number of thiazole rings is 1. The Hall–Kier alpha value is -3.43. The molecular weight excluding hydrogens is 406 g/mol. The van der Waals surface area contributed by atoms with Gasteiger partial charge in [0.1, 0.15) is 0 Å². The van der Waals surface area contributed by atoms with E-state index in [1.54, 1.807) is 42.1 Å². The Kier molecular flexibility index (Phi) is 5.41. The van der Waals surface area contributed by atoms with E-state index in [-0.39, 0.29) is 4.90 Å². The third-order valence-corrected chi connectivity index (χ3v) is 6.20. The minimum atomic E-state index is -3.67. The van der Waals surface area contributed by atoms with Crippen LogP contribution in [-0.2, 0) is 10.0 Å². The minimum Gasteiger partial charge on any atom is -0.316 e. The van der Waals surface area contributed by atoms with Gasteiger partial charge < -0.3 is 4.57 Å². The molecule has 0 aliphatic rings. The van der Waals surface area contributed by atoms with E-state index in [2.05, 4.69) is 20.2 Å². The Labute approximate surface area is 172 Å². The van der Waals surface area contributed by atoms with E-state index < -0.39 is 10.0 Å². The van der Waals surface area contributed by atoms with Crippen LogP contribution < -0.4 is 10.1 Å². The van der Waals surface area contributed by atoms with Crippen LogP contribution in [0.2, 0.25) is 0 Å². The summed E-state index contributed by atoms with van der Waals surface area (Å²) in [5, 5.41) is 6.31. The van der Waals surface area contributed by atoms with Gasteiger partial charge in [0, 0.05) is 23.5 Å². The molecule has 0 atom stereocenters. The Morgan fingerprint density at radius 3 is 2.52 bits per heavy atom. The largest absolute Gasteiger partial charge is 0.316 e. The van der Waals surface area contributed by atoms with Crippen molar-refractivity contribution in [1.82, 2.24) is 9.55 Å². The summed E-state index contributed by atoms with van der Waals surface area (Å²) in [6, 6.07) is 20.1. The van der Waals surface area contributed by atoms with Gasteiger partial charge in [-0.15, -0.1) is 11.3 Å². The molecular formula is C20H17N5O2S2. The third-order valence-electron chi connectivity index (χ3n) is 4.02. The summed E-state index contributed by atoms with van der Waals surface area (Å²) in [6.45, 7) is 0. The Bertz CT molecular complexity index is 1200. The van der Waals surface area contributed by atoms with Gasteiger partial charge in [-0.2, -0.15) is 5.10 Å². The van der Waals surface area contributed by atoms with Crippen molar-refractivity contribution in [1.29, 1.82) is 0 Å². The molecule has 0 saturated carbocycles. The number of nitrogens with one attached hydrogen (secondary N) is 2. The number of aromatic nitrogens is 2. The summed E-state index contributed by atoms with van der Waals surface area (Å²) in [4.78, 5) is 4.12. The molecule has 0 unspecified atom stereocenters. The molecule has 146 valence electrons. The van der Waals surface area contributed by atoms with Crippen molar-refractivity contribution in [3.8, 4) is 5.69 Å². The molecule has 0 amide bonds. The average molecular weight is 424 g/mol. The molecule has 7 nitrogen and oxygen atoms in total. The van der Waals surface area contributed by atoms with Crippen molar-refractivity contribution in [3.63, 3.8) is 0 Å². The first-order chi connectivity index (χ1) is 14.1. The smallest absolute Gasteiger partial charge is 0.263 e. The van der Waals surface area contributed by atoms with Crippen LogP contribution in [0.1, 0.15) is 5.69 Å². The number of hydrogen-bond acceptors (Lipinski definition) is 6. The maximum absolute atomic E-state index is 12.5. The van der Waals surface area contributed by atoms with E-state index in [0.29, 0.717) is 5.13 Å². The Balaban J connectivity index is 1.51. The van der Waals surface area contributed by atoms with Gasteiger partial charge in [0.15, 0.2) is 5.13 Å². The first kappa shape index (κ1) is 18.9. The van der Waals surface area contributed by atoms with Crippen molar-refractivity contribution in [3.05, 3.63) is 90.2 Å². The molecule has 0 bridgehead atoms. The highest BCUT2D eigenvalue weighted by Gasteiger charge is 2.15. The fourth-order valence-electron chi connectivity index (χ4n) is 2.65. The zero-order valence-electron chi connectivity index (χ0n) is 15.1. The Morgan fingerprint density at radius 1 is 1.00 bits per heavy atom. The van der Waals surface area contributed by atoms with Gasteiger partial charge >= 0.3 is 0 Å². The van der Waals surface area contributed by atoms with Crippen LogP contribution in [0.5, 0.6) is 0 Å². The highest BCUT2D eigenvalue weighted by molar-refractivity contribution is 7.93. The van der Waals surface area contributed by atoms with Gasteiger partial charge in [0.25, 0.3) is 10.0 Å². The maximum atomic E-state index is 12.5. The van der Waals surface area contributed by atoms with Crippen LogP contribution >= 0.6 is 11.3 Å². The Morgan fingerprint density at radius 2 is 1.79 bits per heavy atom. The molecule has 0 aliphatic heterocycles. The van der Waals surface area contributed by atoms with E-state index in [1.807, 2.05) is 53.2 Å². The summed E-state index contributed by atoms with van der Waals surface area (Å²) in [6.07, 6.45) is 5.15. The third kappa shape index (κ3) is 4.53. The summed E-state index contributed by atoms with van der Waals surface area (Å²) in [7, 11) is -3.67. The predicted octanol–water partition coefficient (Wildman–Crippen LogP) is 4.18. The van der Waals surface area contributed by atoms with E-state index in [1.165, 1.54) is 11.3 Å². The van der Waals surface area contributed by atoms with Crippen LogP contribution in [0.15, 0.2) is 94.5 Å². The van der Waals surface area contributed by atoms with Gasteiger partial charge in [-0.1, -0.05) is 18.2 Å².